The zero-order chi connectivity index (χ0) is 8.10. The largest absolute Gasteiger partial charge is 0.385 e. The topological polar surface area (TPSA) is 12.0 Å². The highest BCUT2D eigenvalue weighted by Crippen LogP contribution is 2.15. The summed E-state index contributed by atoms with van der Waals surface area (Å²) in [6.45, 7) is 6.89. The van der Waals surface area contributed by atoms with Crippen LogP contribution in [0.5, 0.6) is 0 Å². The van der Waals surface area contributed by atoms with Gasteiger partial charge in [0, 0.05) is 12.2 Å². The monoisotopic (exact) mass is 149 g/mol. The first kappa shape index (κ1) is 8.12. The summed E-state index contributed by atoms with van der Waals surface area (Å²) in [5.41, 5.74) is 2.59. The van der Waals surface area contributed by atoms with Crippen LogP contribution in [-0.4, -0.2) is 6.54 Å². The molecule has 11 heavy (non-hydrogen) atoms. The highest BCUT2D eigenvalue weighted by molar-refractivity contribution is 5.32. The molecule has 0 radical (unpaired) electrons. The Morgan fingerprint density at radius 1 is 1.55 bits per heavy atom. The van der Waals surface area contributed by atoms with Gasteiger partial charge in [-0.1, -0.05) is 18.7 Å². The number of hydrogen-bond acceptors (Lipinski definition) is 1. The number of nitrogens with one attached hydrogen (secondary N) is 1. The SMILES string of the molecule is C=CC1=C(/C=C\C)CCCN1. The lowest BCUT2D eigenvalue weighted by Gasteiger charge is -2.17. The van der Waals surface area contributed by atoms with Gasteiger partial charge in [-0.25, -0.2) is 0 Å². The molecule has 1 aliphatic rings. The number of hydrogen-bond donors (Lipinski definition) is 1. The molecule has 0 aromatic rings. The molecule has 1 heteroatoms. The first-order chi connectivity index (χ1) is 5.38. The summed E-state index contributed by atoms with van der Waals surface area (Å²) in [4.78, 5) is 0. The molecule has 0 aromatic carbocycles. The fraction of sp³-hybridized carbons (Fsp3) is 0.400. The van der Waals surface area contributed by atoms with Crippen LogP contribution in [0.3, 0.4) is 0 Å². The van der Waals surface area contributed by atoms with E-state index in [0.717, 1.165) is 6.54 Å². The second kappa shape index (κ2) is 4.02. The Kier molecular flexibility index (Phi) is 2.96. The van der Waals surface area contributed by atoms with Crippen LogP contribution >= 0.6 is 0 Å². The van der Waals surface area contributed by atoms with Crippen molar-refractivity contribution in [3.05, 3.63) is 36.1 Å². The Labute approximate surface area is 68.5 Å². The second-order valence-electron chi connectivity index (χ2n) is 2.67. The lowest BCUT2D eigenvalue weighted by atomic mass is 10.0. The molecule has 0 aromatic heterocycles. The maximum absolute atomic E-state index is 3.76. The first-order valence-electron chi connectivity index (χ1n) is 4.10. The molecule has 0 bridgehead atoms. The van der Waals surface area contributed by atoms with Crippen molar-refractivity contribution in [2.24, 2.45) is 0 Å². The Hall–Kier alpha value is -0.980. The number of allylic oxidation sites excluding steroid dienone is 4. The summed E-state index contributed by atoms with van der Waals surface area (Å²) in [5, 5.41) is 3.31. The van der Waals surface area contributed by atoms with Crippen molar-refractivity contribution < 1.29 is 0 Å². The van der Waals surface area contributed by atoms with Crippen molar-refractivity contribution in [3.63, 3.8) is 0 Å². The van der Waals surface area contributed by atoms with Crippen molar-refractivity contribution in [1.82, 2.24) is 5.32 Å². The molecule has 0 fully saturated rings. The third kappa shape index (κ3) is 1.97. The quantitative estimate of drug-likeness (QED) is 0.635. The predicted octanol–water partition coefficient (Wildman–Crippen LogP) is 2.39. The first-order valence-corrected chi connectivity index (χ1v) is 4.10. The molecule has 0 atom stereocenters. The van der Waals surface area contributed by atoms with Crippen LogP contribution in [0, 0.1) is 0 Å². The maximum Gasteiger partial charge on any atom is 0.0366 e. The van der Waals surface area contributed by atoms with Crippen molar-refractivity contribution in [3.8, 4) is 0 Å². The van der Waals surface area contributed by atoms with Gasteiger partial charge in [0.05, 0.1) is 0 Å². The van der Waals surface area contributed by atoms with E-state index in [9.17, 15) is 0 Å². The fourth-order valence-electron chi connectivity index (χ4n) is 1.33. The van der Waals surface area contributed by atoms with E-state index < -0.39 is 0 Å². The molecule has 1 aliphatic heterocycles. The molecule has 0 spiro atoms. The summed E-state index contributed by atoms with van der Waals surface area (Å²) >= 11 is 0. The fourth-order valence-corrected chi connectivity index (χ4v) is 1.33. The normalized spacial score (nSPS) is 18.6. The van der Waals surface area contributed by atoms with Crippen molar-refractivity contribution in [1.29, 1.82) is 0 Å². The van der Waals surface area contributed by atoms with Gasteiger partial charge >= 0.3 is 0 Å². The summed E-state index contributed by atoms with van der Waals surface area (Å²) in [5.74, 6) is 0. The second-order valence-corrected chi connectivity index (χ2v) is 2.67. The zero-order valence-electron chi connectivity index (χ0n) is 7.06. The van der Waals surface area contributed by atoms with Crippen LogP contribution in [0.1, 0.15) is 19.8 Å². The Balaban J connectivity index is 2.81. The average Bonchev–Trinajstić information content (AvgIpc) is 2.06. The Bertz CT molecular complexity index is 199. The molecule has 0 unspecified atom stereocenters. The van der Waals surface area contributed by atoms with Crippen molar-refractivity contribution >= 4 is 0 Å². The van der Waals surface area contributed by atoms with Crippen LogP contribution in [-0.2, 0) is 0 Å². The van der Waals surface area contributed by atoms with E-state index in [2.05, 4.69) is 24.0 Å². The number of rotatable bonds is 2. The van der Waals surface area contributed by atoms with Gasteiger partial charge in [-0.2, -0.15) is 0 Å². The van der Waals surface area contributed by atoms with E-state index in [1.54, 1.807) is 0 Å². The van der Waals surface area contributed by atoms with Gasteiger partial charge in [0.2, 0.25) is 0 Å². The van der Waals surface area contributed by atoms with Crippen LogP contribution in [0.15, 0.2) is 36.1 Å². The van der Waals surface area contributed by atoms with Gasteiger partial charge in [-0.05, 0) is 31.4 Å². The summed E-state index contributed by atoms with van der Waals surface area (Å²) in [6, 6.07) is 0. The lowest BCUT2D eigenvalue weighted by molar-refractivity contribution is 0.685. The van der Waals surface area contributed by atoms with Gasteiger partial charge < -0.3 is 5.32 Å². The average molecular weight is 149 g/mol. The molecule has 0 saturated carbocycles. The molecule has 1 heterocycles. The lowest BCUT2D eigenvalue weighted by Crippen LogP contribution is -2.19. The van der Waals surface area contributed by atoms with Crippen molar-refractivity contribution in [2.45, 2.75) is 19.8 Å². The minimum Gasteiger partial charge on any atom is -0.385 e. The molecule has 1 rings (SSSR count). The minimum atomic E-state index is 1.09. The molecule has 60 valence electrons. The smallest absolute Gasteiger partial charge is 0.0366 e. The molecular weight excluding hydrogens is 134 g/mol. The van der Waals surface area contributed by atoms with Gasteiger partial charge in [0.25, 0.3) is 0 Å². The van der Waals surface area contributed by atoms with Crippen LogP contribution in [0.2, 0.25) is 0 Å². The predicted molar refractivity (Wildman–Crippen MR) is 49.3 cm³/mol. The molecule has 0 saturated heterocycles. The van der Waals surface area contributed by atoms with E-state index in [-0.39, 0.29) is 0 Å². The van der Waals surface area contributed by atoms with E-state index in [1.807, 2.05) is 13.0 Å². The molecule has 1 nitrogen and oxygen atoms in total. The summed E-state index contributed by atoms with van der Waals surface area (Å²) < 4.78 is 0. The maximum atomic E-state index is 3.76. The standard InChI is InChI=1S/C10H15N/c1-3-6-9-7-5-8-11-10(9)4-2/h3-4,6,11H,2,5,7-8H2,1H3/b6-3-. The van der Waals surface area contributed by atoms with Crippen LogP contribution in [0.4, 0.5) is 0 Å². The van der Waals surface area contributed by atoms with Crippen LogP contribution < -0.4 is 5.32 Å². The molecular formula is C10H15N. The highest BCUT2D eigenvalue weighted by Gasteiger charge is 2.05. The molecule has 0 amide bonds. The summed E-state index contributed by atoms with van der Waals surface area (Å²) in [7, 11) is 0. The molecule has 1 N–H and O–H groups in total. The van der Waals surface area contributed by atoms with Crippen molar-refractivity contribution in [2.75, 3.05) is 6.54 Å². The molecule has 0 aliphatic carbocycles. The van der Waals surface area contributed by atoms with E-state index in [1.165, 1.54) is 24.1 Å². The summed E-state index contributed by atoms with van der Waals surface area (Å²) in [6.07, 6.45) is 8.54. The van der Waals surface area contributed by atoms with E-state index in [4.69, 9.17) is 0 Å². The van der Waals surface area contributed by atoms with Crippen LogP contribution in [0.25, 0.3) is 0 Å². The van der Waals surface area contributed by atoms with Gasteiger partial charge in [-0.3, -0.25) is 0 Å². The van der Waals surface area contributed by atoms with E-state index >= 15 is 0 Å². The Morgan fingerprint density at radius 2 is 2.36 bits per heavy atom. The van der Waals surface area contributed by atoms with Gasteiger partial charge in [-0.15, -0.1) is 0 Å². The van der Waals surface area contributed by atoms with Gasteiger partial charge in [0.15, 0.2) is 0 Å². The van der Waals surface area contributed by atoms with E-state index in [0.29, 0.717) is 0 Å². The highest BCUT2D eigenvalue weighted by atomic mass is 14.9. The van der Waals surface area contributed by atoms with Gasteiger partial charge in [0.1, 0.15) is 0 Å². The Morgan fingerprint density at radius 3 is 3.00 bits per heavy atom. The minimum absolute atomic E-state index is 1.09. The third-order valence-corrected chi connectivity index (χ3v) is 1.86. The third-order valence-electron chi connectivity index (χ3n) is 1.86. The zero-order valence-corrected chi connectivity index (χ0v) is 7.06.